The smallest absolute Gasteiger partial charge is 0.270 e. The van der Waals surface area contributed by atoms with Crippen LogP contribution in [0.25, 0.3) is 0 Å². The van der Waals surface area contributed by atoms with Crippen LogP contribution >= 0.6 is 0 Å². The highest BCUT2D eigenvalue weighted by Crippen LogP contribution is 2.20. The largest absolute Gasteiger partial charge is 0.354 e. The Labute approximate surface area is 124 Å². The number of carbonyl (C=O) groups is 2. The van der Waals surface area contributed by atoms with Gasteiger partial charge in [0.2, 0.25) is 0 Å². The summed E-state index contributed by atoms with van der Waals surface area (Å²) in [5.74, 6) is -0.156. The van der Waals surface area contributed by atoms with Gasteiger partial charge in [-0.15, -0.1) is 0 Å². The molecule has 0 aliphatic carbocycles. The van der Waals surface area contributed by atoms with E-state index in [0.29, 0.717) is 23.4 Å². The van der Waals surface area contributed by atoms with E-state index in [0.717, 1.165) is 11.3 Å². The van der Waals surface area contributed by atoms with Crippen LogP contribution in [0.3, 0.4) is 0 Å². The highest BCUT2D eigenvalue weighted by molar-refractivity contribution is 6.02. The molecular formula is C16H19N3O2. The van der Waals surface area contributed by atoms with Gasteiger partial charge in [0.05, 0.1) is 0 Å². The fourth-order valence-corrected chi connectivity index (χ4v) is 2.52. The van der Waals surface area contributed by atoms with Crippen molar-refractivity contribution in [3.05, 3.63) is 52.6 Å². The van der Waals surface area contributed by atoms with E-state index in [-0.39, 0.29) is 11.7 Å². The number of amides is 1. The first-order valence-electron chi connectivity index (χ1n) is 6.76. The summed E-state index contributed by atoms with van der Waals surface area (Å²) in [6.07, 6.45) is 3.40. The minimum atomic E-state index is -0.125. The lowest BCUT2D eigenvalue weighted by Crippen LogP contribution is -2.27. The predicted molar refractivity (Wildman–Crippen MR) is 80.3 cm³/mol. The third-order valence-electron chi connectivity index (χ3n) is 3.52. The van der Waals surface area contributed by atoms with Gasteiger partial charge in [0.15, 0.2) is 5.78 Å². The average Bonchev–Trinajstić information content (AvgIpc) is 2.74. The normalized spacial score (nSPS) is 10.5. The second kappa shape index (κ2) is 5.91. The number of pyridine rings is 1. The number of H-pyrrole nitrogens is 1. The van der Waals surface area contributed by atoms with Crippen LogP contribution in [0.2, 0.25) is 0 Å². The lowest BCUT2D eigenvalue weighted by molar-refractivity contribution is 0.0779. The molecule has 0 saturated carbocycles. The topological polar surface area (TPSA) is 66.1 Å². The molecular weight excluding hydrogens is 266 g/mol. The minimum absolute atomic E-state index is 0.0305. The van der Waals surface area contributed by atoms with Gasteiger partial charge in [0, 0.05) is 37.2 Å². The molecule has 1 N–H and O–H groups in total. The number of nitrogens with zero attached hydrogens (tertiary/aromatic N) is 2. The maximum atomic E-state index is 12.5. The van der Waals surface area contributed by atoms with Gasteiger partial charge in [0.1, 0.15) is 5.69 Å². The number of ketones is 1. The summed E-state index contributed by atoms with van der Waals surface area (Å²) < 4.78 is 0. The van der Waals surface area contributed by atoms with E-state index in [4.69, 9.17) is 0 Å². The lowest BCUT2D eigenvalue weighted by Gasteiger charge is -2.17. The van der Waals surface area contributed by atoms with Crippen LogP contribution in [0.5, 0.6) is 0 Å². The molecule has 0 spiro atoms. The Morgan fingerprint density at radius 2 is 1.86 bits per heavy atom. The number of hydrogen-bond acceptors (Lipinski definition) is 3. The van der Waals surface area contributed by atoms with Crippen molar-refractivity contribution in [2.45, 2.75) is 27.3 Å². The summed E-state index contributed by atoms with van der Waals surface area (Å²) in [5.41, 5.74) is 3.55. The Bertz CT molecular complexity index is 674. The zero-order valence-corrected chi connectivity index (χ0v) is 12.7. The minimum Gasteiger partial charge on any atom is -0.354 e. The van der Waals surface area contributed by atoms with Crippen molar-refractivity contribution in [1.82, 2.24) is 14.9 Å². The number of aryl methyl sites for hydroxylation is 1. The summed E-state index contributed by atoms with van der Waals surface area (Å²) >= 11 is 0. The van der Waals surface area contributed by atoms with Gasteiger partial charge in [-0.2, -0.15) is 0 Å². The van der Waals surface area contributed by atoms with Gasteiger partial charge in [-0.3, -0.25) is 14.6 Å². The van der Waals surface area contributed by atoms with E-state index in [1.165, 1.54) is 6.92 Å². The second-order valence-electron chi connectivity index (χ2n) is 5.20. The van der Waals surface area contributed by atoms with Gasteiger partial charge in [-0.05, 0) is 44.0 Å². The number of nitrogens with one attached hydrogen (secondary N) is 1. The zero-order chi connectivity index (χ0) is 15.6. The molecule has 0 saturated heterocycles. The lowest BCUT2D eigenvalue weighted by atomic mass is 10.1. The monoisotopic (exact) mass is 285 g/mol. The molecule has 2 aromatic rings. The summed E-state index contributed by atoms with van der Waals surface area (Å²) in [7, 11) is 1.74. The number of rotatable bonds is 4. The van der Waals surface area contributed by atoms with Crippen LogP contribution in [0, 0.1) is 13.8 Å². The first kappa shape index (κ1) is 15.0. The molecule has 2 heterocycles. The van der Waals surface area contributed by atoms with Crippen LogP contribution < -0.4 is 0 Å². The van der Waals surface area contributed by atoms with Crippen molar-refractivity contribution >= 4 is 11.7 Å². The molecule has 0 unspecified atom stereocenters. The summed E-state index contributed by atoms with van der Waals surface area (Å²) in [4.78, 5) is 32.8. The van der Waals surface area contributed by atoms with Gasteiger partial charge >= 0.3 is 0 Å². The molecule has 0 fully saturated rings. The average molecular weight is 285 g/mol. The molecule has 0 radical (unpaired) electrons. The Morgan fingerprint density at radius 1 is 1.24 bits per heavy atom. The first-order chi connectivity index (χ1) is 9.91. The van der Waals surface area contributed by atoms with Crippen molar-refractivity contribution in [3.8, 4) is 0 Å². The molecule has 21 heavy (non-hydrogen) atoms. The van der Waals surface area contributed by atoms with E-state index in [1.807, 2.05) is 19.1 Å². The third-order valence-corrected chi connectivity index (χ3v) is 3.52. The fourth-order valence-electron chi connectivity index (χ4n) is 2.52. The highest BCUT2D eigenvalue weighted by atomic mass is 16.2. The maximum absolute atomic E-state index is 12.5. The number of aromatic nitrogens is 2. The molecule has 0 bridgehead atoms. The van der Waals surface area contributed by atoms with Crippen LogP contribution in [-0.2, 0) is 6.54 Å². The number of carbonyl (C=O) groups excluding carboxylic acids is 2. The van der Waals surface area contributed by atoms with Crippen molar-refractivity contribution in [2.75, 3.05) is 7.05 Å². The van der Waals surface area contributed by atoms with Gasteiger partial charge < -0.3 is 9.88 Å². The summed E-state index contributed by atoms with van der Waals surface area (Å²) in [5, 5.41) is 0. The van der Waals surface area contributed by atoms with E-state index >= 15 is 0 Å². The van der Waals surface area contributed by atoms with Crippen molar-refractivity contribution in [1.29, 1.82) is 0 Å². The Hall–Kier alpha value is -2.43. The highest BCUT2D eigenvalue weighted by Gasteiger charge is 2.22. The first-order valence-corrected chi connectivity index (χ1v) is 6.76. The molecule has 5 heteroatoms. The van der Waals surface area contributed by atoms with Crippen LogP contribution in [0.1, 0.15) is 44.6 Å². The third kappa shape index (κ3) is 3.02. The van der Waals surface area contributed by atoms with E-state index in [1.54, 1.807) is 31.3 Å². The Kier molecular flexibility index (Phi) is 4.21. The molecule has 2 rings (SSSR count). The van der Waals surface area contributed by atoms with Gasteiger partial charge in [-0.1, -0.05) is 0 Å². The molecule has 0 atom stereocenters. The summed E-state index contributed by atoms with van der Waals surface area (Å²) in [6.45, 7) is 5.61. The predicted octanol–water partition coefficient (Wildman–Crippen LogP) is 2.50. The van der Waals surface area contributed by atoms with Crippen molar-refractivity contribution < 1.29 is 9.59 Å². The van der Waals surface area contributed by atoms with Crippen LogP contribution in [-0.4, -0.2) is 33.6 Å². The standard InChI is InChI=1S/C16H19N3O2/c1-10-14(12(3)20)11(2)18-15(10)16(21)19(4)9-13-5-7-17-8-6-13/h5-8,18H,9H2,1-4H3. The quantitative estimate of drug-likeness (QED) is 0.878. The van der Waals surface area contributed by atoms with E-state index in [9.17, 15) is 9.59 Å². The molecule has 110 valence electrons. The number of aromatic amines is 1. The van der Waals surface area contributed by atoms with E-state index < -0.39 is 0 Å². The molecule has 0 aliphatic heterocycles. The SMILES string of the molecule is CC(=O)c1c(C)[nH]c(C(=O)N(C)Cc2ccncc2)c1C. The second-order valence-corrected chi connectivity index (χ2v) is 5.20. The summed E-state index contributed by atoms with van der Waals surface area (Å²) in [6, 6.07) is 3.75. The van der Waals surface area contributed by atoms with Crippen LogP contribution in [0.4, 0.5) is 0 Å². The molecule has 5 nitrogen and oxygen atoms in total. The Balaban J connectivity index is 2.24. The Morgan fingerprint density at radius 3 is 2.38 bits per heavy atom. The van der Waals surface area contributed by atoms with Crippen molar-refractivity contribution in [3.63, 3.8) is 0 Å². The molecule has 0 aliphatic rings. The maximum Gasteiger partial charge on any atom is 0.270 e. The molecule has 1 amide bonds. The van der Waals surface area contributed by atoms with Gasteiger partial charge in [0.25, 0.3) is 5.91 Å². The molecule has 0 aromatic carbocycles. The fraction of sp³-hybridized carbons (Fsp3) is 0.312. The van der Waals surface area contributed by atoms with Crippen LogP contribution in [0.15, 0.2) is 24.5 Å². The molecule has 2 aromatic heterocycles. The zero-order valence-electron chi connectivity index (χ0n) is 12.7. The number of Topliss-reactive ketones (excluding diaryl/α,β-unsaturated/α-hetero) is 1. The van der Waals surface area contributed by atoms with Crippen molar-refractivity contribution in [2.24, 2.45) is 0 Å². The van der Waals surface area contributed by atoms with Gasteiger partial charge in [-0.25, -0.2) is 0 Å². The van der Waals surface area contributed by atoms with E-state index in [2.05, 4.69) is 9.97 Å². The number of hydrogen-bond donors (Lipinski definition) is 1.